The minimum atomic E-state index is 0.857. The summed E-state index contributed by atoms with van der Waals surface area (Å²) in [5, 5.41) is 3.34. The van der Waals surface area contributed by atoms with Gasteiger partial charge >= 0.3 is 0 Å². The number of nitrogens with zero attached hydrogens (tertiary/aromatic N) is 1. The van der Waals surface area contributed by atoms with Gasteiger partial charge in [0.15, 0.2) is 0 Å². The summed E-state index contributed by atoms with van der Waals surface area (Å²) in [4.78, 5) is 2.57. The maximum atomic E-state index is 4.20. The second-order valence-electron chi connectivity index (χ2n) is 5.33. The molecule has 1 heterocycles. The molecule has 2 rings (SSSR count). The van der Waals surface area contributed by atoms with Crippen molar-refractivity contribution in [1.82, 2.24) is 4.90 Å². The molecular weight excluding hydrogens is 240 g/mol. The molecule has 0 bridgehead atoms. The summed E-state index contributed by atoms with van der Waals surface area (Å²) in [7, 11) is 0. The number of piperidine rings is 1. The zero-order valence-electron chi connectivity index (χ0n) is 11.2. The standard InChI is InChI=1S/C15H24N2S/c1-13-3-2-9-17(11-13)12-14-4-6-15(7-5-14)16-8-10-18/h4-7,13,16,18H,2-3,8-12H2,1H3. The van der Waals surface area contributed by atoms with Crippen molar-refractivity contribution in [3.8, 4) is 0 Å². The molecule has 0 spiro atoms. The van der Waals surface area contributed by atoms with Gasteiger partial charge in [-0.15, -0.1) is 0 Å². The monoisotopic (exact) mass is 264 g/mol. The molecule has 1 unspecified atom stereocenters. The lowest BCUT2D eigenvalue weighted by Crippen LogP contribution is -2.33. The Hall–Kier alpha value is -0.670. The average Bonchev–Trinajstić information content (AvgIpc) is 2.38. The molecule has 0 aliphatic carbocycles. The average molecular weight is 264 g/mol. The van der Waals surface area contributed by atoms with Crippen molar-refractivity contribution in [3.05, 3.63) is 29.8 Å². The van der Waals surface area contributed by atoms with Gasteiger partial charge in [-0.3, -0.25) is 4.90 Å². The van der Waals surface area contributed by atoms with Crippen molar-refractivity contribution in [2.24, 2.45) is 5.92 Å². The van der Waals surface area contributed by atoms with Gasteiger partial charge in [0.05, 0.1) is 0 Å². The third-order valence-corrected chi connectivity index (χ3v) is 3.77. The Morgan fingerprint density at radius 2 is 2.11 bits per heavy atom. The van der Waals surface area contributed by atoms with Crippen LogP contribution in [0.25, 0.3) is 0 Å². The van der Waals surface area contributed by atoms with Gasteiger partial charge in [-0.25, -0.2) is 0 Å². The van der Waals surface area contributed by atoms with E-state index in [1.54, 1.807) is 0 Å². The van der Waals surface area contributed by atoms with E-state index in [0.717, 1.165) is 24.8 Å². The highest BCUT2D eigenvalue weighted by Gasteiger charge is 2.15. The molecule has 1 fully saturated rings. The predicted octanol–water partition coefficient (Wildman–Crippen LogP) is 3.26. The first kappa shape index (κ1) is 13.8. The Bertz CT molecular complexity index is 350. The minimum Gasteiger partial charge on any atom is -0.384 e. The number of nitrogens with one attached hydrogen (secondary N) is 1. The van der Waals surface area contributed by atoms with Crippen molar-refractivity contribution in [2.75, 3.05) is 30.7 Å². The summed E-state index contributed by atoms with van der Waals surface area (Å²) in [6, 6.07) is 8.82. The fourth-order valence-corrected chi connectivity index (χ4v) is 2.73. The normalized spacial score (nSPS) is 20.9. The van der Waals surface area contributed by atoms with Gasteiger partial charge < -0.3 is 5.32 Å². The van der Waals surface area contributed by atoms with Gasteiger partial charge in [-0.1, -0.05) is 19.1 Å². The Labute approximate surface area is 116 Å². The van der Waals surface area contributed by atoms with E-state index < -0.39 is 0 Å². The van der Waals surface area contributed by atoms with Crippen LogP contribution in [0.5, 0.6) is 0 Å². The second kappa shape index (κ2) is 7.05. The third-order valence-electron chi connectivity index (χ3n) is 3.54. The summed E-state index contributed by atoms with van der Waals surface area (Å²) in [6.07, 6.45) is 2.74. The maximum absolute atomic E-state index is 4.20. The fraction of sp³-hybridized carbons (Fsp3) is 0.600. The predicted molar refractivity (Wildman–Crippen MR) is 82.5 cm³/mol. The zero-order valence-corrected chi connectivity index (χ0v) is 12.1. The van der Waals surface area contributed by atoms with Crippen LogP contribution >= 0.6 is 12.6 Å². The van der Waals surface area contributed by atoms with Gasteiger partial charge in [0.2, 0.25) is 0 Å². The van der Waals surface area contributed by atoms with E-state index in [2.05, 4.69) is 54.0 Å². The molecule has 3 heteroatoms. The molecule has 2 nitrogen and oxygen atoms in total. The molecule has 1 aliphatic rings. The first-order valence-corrected chi connectivity index (χ1v) is 7.57. The SMILES string of the molecule is CC1CCCN(Cc2ccc(NCCS)cc2)C1. The van der Waals surface area contributed by atoms with Crippen LogP contribution in [0.2, 0.25) is 0 Å². The van der Waals surface area contributed by atoms with Crippen molar-refractivity contribution in [2.45, 2.75) is 26.3 Å². The van der Waals surface area contributed by atoms with Crippen molar-refractivity contribution in [3.63, 3.8) is 0 Å². The fourth-order valence-electron chi connectivity index (χ4n) is 2.62. The van der Waals surface area contributed by atoms with E-state index in [4.69, 9.17) is 0 Å². The molecule has 1 aliphatic heterocycles. The number of hydrogen-bond acceptors (Lipinski definition) is 3. The summed E-state index contributed by atoms with van der Waals surface area (Å²) >= 11 is 4.20. The Kier molecular flexibility index (Phi) is 5.39. The molecule has 1 aromatic rings. The van der Waals surface area contributed by atoms with Crippen LogP contribution in [0.15, 0.2) is 24.3 Å². The molecule has 0 aromatic heterocycles. The van der Waals surface area contributed by atoms with Crippen LogP contribution in [0.1, 0.15) is 25.3 Å². The van der Waals surface area contributed by atoms with Crippen molar-refractivity contribution in [1.29, 1.82) is 0 Å². The molecule has 1 atom stereocenters. The Morgan fingerprint density at radius 3 is 2.78 bits per heavy atom. The molecular formula is C15H24N2S. The molecule has 0 saturated carbocycles. The highest BCUT2D eigenvalue weighted by atomic mass is 32.1. The number of likely N-dealkylation sites (tertiary alicyclic amines) is 1. The van der Waals surface area contributed by atoms with E-state index in [1.807, 2.05) is 0 Å². The van der Waals surface area contributed by atoms with Crippen LogP contribution < -0.4 is 5.32 Å². The highest BCUT2D eigenvalue weighted by molar-refractivity contribution is 7.80. The van der Waals surface area contributed by atoms with Crippen molar-refractivity contribution >= 4 is 18.3 Å². The topological polar surface area (TPSA) is 15.3 Å². The zero-order chi connectivity index (χ0) is 12.8. The lowest BCUT2D eigenvalue weighted by Gasteiger charge is -2.30. The molecule has 1 saturated heterocycles. The van der Waals surface area contributed by atoms with Gasteiger partial charge in [0, 0.05) is 31.1 Å². The molecule has 18 heavy (non-hydrogen) atoms. The summed E-state index contributed by atoms with van der Waals surface area (Å²) in [6.45, 7) is 6.88. The van der Waals surface area contributed by atoms with Crippen LogP contribution in [0, 0.1) is 5.92 Å². The lowest BCUT2D eigenvalue weighted by molar-refractivity contribution is 0.176. The van der Waals surface area contributed by atoms with E-state index in [9.17, 15) is 0 Å². The van der Waals surface area contributed by atoms with Gasteiger partial charge in [-0.2, -0.15) is 12.6 Å². The number of benzene rings is 1. The first-order valence-electron chi connectivity index (χ1n) is 6.94. The molecule has 1 aromatic carbocycles. The van der Waals surface area contributed by atoms with E-state index >= 15 is 0 Å². The Morgan fingerprint density at radius 1 is 1.33 bits per heavy atom. The summed E-state index contributed by atoms with van der Waals surface area (Å²) < 4.78 is 0. The molecule has 0 amide bonds. The van der Waals surface area contributed by atoms with Gasteiger partial charge in [-0.05, 0) is 43.0 Å². The first-order chi connectivity index (χ1) is 8.78. The molecule has 1 N–H and O–H groups in total. The van der Waals surface area contributed by atoms with Crippen LogP contribution in [0.4, 0.5) is 5.69 Å². The maximum Gasteiger partial charge on any atom is 0.0340 e. The Balaban J connectivity index is 1.85. The van der Waals surface area contributed by atoms with Crippen LogP contribution in [0.3, 0.4) is 0 Å². The quantitative estimate of drug-likeness (QED) is 0.794. The van der Waals surface area contributed by atoms with Crippen LogP contribution in [-0.2, 0) is 6.54 Å². The highest BCUT2D eigenvalue weighted by Crippen LogP contribution is 2.18. The third kappa shape index (κ3) is 4.21. The number of anilines is 1. The summed E-state index contributed by atoms with van der Waals surface area (Å²) in [5.74, 6) is 1.73. The van der Waals surface area contributed by atoms with E-state index in [-0.39, 0.29) is 0 Å². The minimum absolute atomic E-state index is 0.857. The molecule has 0 radical (unpaired) electrons. The number of thiol groups is 1. The van der Waals surface area contributed by atoms with Gasteiger partial charge in [0.1, 0.15) is 0 Å². The van der Waals surface area contributed by atoms with Crippen molar-refractivity contribution < 1.29 is 0 Å². The van der Waals surface area contributed by atoms with Crippen LogP contribution in [-0.4, -0.2) is 30.3 Å². The summed E-state index contributed by atoms with van der Waals surface area (Å²) in [5.41, 5.74) is 2.61. The molecule has 100 valence electrons. The van der Waals surface area contributed by atoms with E-state index in [1.165, 1.54) is 37.2 Å². The lowest BCUT2D eigenvalue weighted by atomic mass is 10.00. The van der Waals surface area contributed by atoms with Gasteiger partial charge in [0.25, 0.3) is 0 Å². The smallest absolute Gasteiger partial charge is 0.0340 e. The number of rotatable bonds is 5. The number of hydrogen-bond donors (Lipinski definition) is 2. The van der Waals surface area contributed by atoms with E-state index in [0.29, 0.717) is 0 Å². The second-order valence-corrected chi connectivity index (χ2v) is 5.78. The largest absolute Gasteiger partial charge is 0.384 e.